The summed E-state index contributed by atoms with van der Waals surface area (Å²) in [6, 6.07) is 0. The van der Waals surface area contributed by atoms with E-state index in [0.717, 1.165) is 0 Å². The summed E-state index contributed by atoms with van der Waals surface area (Å²) in [5, 5.41) is 2.77. The fourth-order valence-corrected chi connectivity index (χ4v) is 0.334. The maximum absolute atomic E-state index is 4.91. The van der Waals surface area contributed by atoms with Crippen molar-refractivity contribution in [2.45, 2.75) is 0 Å². The molecule has 11 heavy (non-hydrogen) atoms. The quantitative estimate of drug-likeness (QED) is 0.354. The minimum atomic E-state index is 0.514. The normalized spacial score (nSPS) is 7.09. The zero-order chi connectivity index (χ0) is 9.11. The first-order valence-corrected chi connectivity index (χ1v) is 3.93. The average Bonchev–Trinajstić information content (AvgIpc) is 2.01. The fourth-order valence-electron chi connectivity index (χ4n) is 0.159. The number of thiol groups is 1. The van der Waals surface area contributed by atoms with Gasteiger partial charge in [-0.05, 0) is 0 Å². The van der Waals surface area contributed by atoms with E-state index in [4.69, 9.17) is 5.73 Å². The Kier molecular flexibility index (Phi) is 14.9. The van der Waals surface area contributed by atoms with Gasteiger partial charge in [-0.25, -0.2) is 0 Å². The molecule has 0 unspecified atom stereocenters. The molecule has 0 aliphatic heterocycles. The highest BCUT2D eigenvalue weighted by Crippen LogP contribution is 1.74. The van der Waals surface area contributed by atoms with Crippen molar-refractivity contribution in [3.8, 4) is 0 Å². The van der Waals surface area contributed by atoms with E-state index in [0.29, 0.717) is 17.4 Å². The van der Waals surface area contributed by atoms with E-state index in [9.17, 15) is 0 Å². The predicted octanol–water partition coefficient (Wildman–Crippen LogP) is 1.11. The molecular formula is C7H14N2S2. The Labute approximate surface area is 79.0 Å². The predicted molar refractivity (Wildman–Crippen MR) is 59.0 cm³/mol. The third-order valence-corrected chi connectivity index (χ3v) is 0.867. The van der Waals surface area contributed by atoms with Gasteiger partial charge in [-0.15, -0.1) is 25.8 Å². The summed E-state index contributed by atoms with van der Waals surface area (Å²) >= 11 is 8.37. The van der Waals surface area contributed by atoms with Gasteiger partial charge >= 0.3 is 0 Å². The number of nitrogens with one attached hydrogen (secondary N) is 1. The maximum Gasteiger partial charge on any atom is 0.130 e. The van der Waals surface area contributed by atoms with Crippen LogP contribution in [0, 0.1) is 0 Å². The first-order chi connectivity index (χ1) is 5.18. The molecule has 0 amide bonds. The van der Waals surface area contributed by atoms with Gasteiger partial charge in [0.25, 0.3) is 0 Å². The Balaban J connectivity index is 0. The highest BCUT2D eigenvalue weighted by atomic mass is 32.1. The standard InChI is InChI=1S/C4H7NS2.C3H7N/c1-2-3-5-4(6)7;1-2-3-4/h2H,1,3H2,(H2,5,6,7);2H,1,3-4H2. The van der Waals surface area contributed by atoms with Crippen LogP contribution in [0.5, 0.6) is 0 Å². The molecule has 0 aromatic heterocycles. The van der Waals surface area contributed by atoms with Gasteiger partial charge in [-0.2, -0.15) is 0 Å². The molecule has 0 heterocycles. The number of thiocarbonyl (C=S) groups is 1. The lowest BCUT2D eigenvalue weighted by molar-refractivity contribution is 1.08. The van der Waals surface area contributed by atoms with Gasteiger partial charge in [0.15, 0.2) is 0 Å². The second kappa shape index (κ2) is 12.4. The lowest BCUT2D eigenvalue weighted by Gasteiger charge is -1.93. The van der Waals surface area contributed by atoms with Crippen LogP contribution in [0.3, 0.4) is 0 Å². The van der Waals surface area contributed by atoms with Gasteiger partial charge in [-0.3, -0.25) is 0 Å². The van der Waals surface area contributed by atoms with E-state index in [2.05, 4.69) is 43.3 Å². The average molecular weight is 190 g/mol. The topological polar surface area (TPSA) is 38.0 Å². The molecule has 3 N–H and O–H groups in total. The third kappa shape index (κ3) is 26.1. The van der Waals surface area contributed by atoms with Crippen LogP contribution in [0.4, 0.5) is 0 Å². The SMILES string of the molecule is C=CCN.C=CCNC(=S)S. The van der Waals surface area contributed by atoms with Crippen molar-refractivity contribution in [2.24, 2.45) is 5.73 Å². The Morgan fingerprint density at radius 1 is 1.55 bits per heavy atom. The molecule has 0 aromatic rings. The Morgan fingerprint density at radius 3 is 2.09 bits per heavy atom. The number of rotatable bonds is 3. The second-order valence-electron chi connectivity index (χ2n) is 1.50. The monoisotopic (exact) mass is 190 g/mol. The molecule has 0 atom stereocenters. The minimum Gasteiger partial charge on any atom is -0.368 e. The first-order valence-electron chi connectivity index (χ1n) is 3.07. The highest BCUT2D eigenvalue weighted by molar-refractivity contribution is 8.11. The summed E-state index contributed by atoms with van der Waals surface area (Å²) in [5.41, 5.74) is 4.91. The van der Waals surface area contributed by atoms with Gasteiger partial charge < -0.3 is 11.1 Å². The molecule has 0 fully saturated rings. The summed E-state index contributed by atoms with van der Waals surface area (Å²) in [6.45, 7) is 8.11. The van der Waals surface area contributed by atoms with Crippen LogP contribution < -0.4 is 11.1 Å². The van der Waals surface area contributed by atoms with E-state index in [1.54, 1.807) is 12.2 Å². The molecule has 0 aromatic carbocycles. The van der Waals surface area contributed by atoms with Crippen molar-refractivity contribution >= 4 is 29.2 Å². The summed E-state index contributed by atoms with van der Waals surface area (Å²) < 4.78 is 0.514. The lowest BCUT2D eigenvalue weighted by atomic mass is 10.6. The molecule has 0 radical (unpaired) electrons. The maximum atomic E-state index is 4.91. The Hall–Kier alpha value is -0.320. The number of hydrogen-bond donors (Lipinski definition) is 3. The molecular weight excluding hydrogens is 176 g/mol. The zero-order valence-corrected chi connectivity index (χ0v) is 8.13. The van der Waals surface area contributed by atoms with Gasteiger partial charge in [0.1, 0.15) is 4.32 Å². The van der Waals surface area contributed by atoms with E-state index in [-0.39, 0.29) is 0 Å². The zero-order valence-electron chi connectivity index (χ0n) is 6.42. The van der Waals surface area contributed by atoms with Crippen molar-refractivity contribution in [3.05, 3.63) is 25.3 Å². The third-order valence-electron chi connectivity index (χ3n) is 0.564. The molecule has 64 valence electrons. The molecule has 0 saturated heterocycles. The molecule has 0 rings (SSSR count). The van der Waals surface area contributed by atoms with E-state index >= 15 is 0 Å². The van der Waals surface area contributed by atoms with Crippen molar-refractivity contribution in [2.75, 3.05) is 13.1 Å². The molecule has 0 aliphatic carbocycles. The summed E-state index contributed by atoms with van der Waals surface area (Å²) in [4.78, 5) is 0. The second-order valence-corrected chi connectivity index (χ2v) is 2.66. The smallest absolute Gasteiger partial charge is 0.130 e. The van der Waals surface area contributed by atoms with Crippen LogP contribution in [-0.4, -0.2) is 17.4 Å². The van der Waals surface area contributed by atoms with Crippen LogP contribution in [0.15, 0.2) is 25.3 Å². The van der Waals surface area contributed by atoms with Gasteiger partial charge in [0, 0.05) is 13.1 Å². The number of hydrogen-bond acceptors (Lipinski definition) is 2. The minimum absolute atomic E-state index is 0.514. The van der Waals surface area contributed by atoms with Gasteiger partial charge in [0.05, 0.1) is 0 Å². The lowest BCUT2D eigenvalue weighted by Crippen LogP contribution is -2.14. The summed E-state index contributed by atoms with van der Waals surface area (Å²) in [6.07, 6.45) is 3.38. The van der Waals surface area contributed by atoms with Gasteiger partial charge in [-0.1, -0.05) is 24.4 Å². The van der Waals surface area contributed by atoms with Crippen LogP contribution in [-0.2, 0) is 0 Å². The number of nitrogens with two attached hydrogens (primary N) is 1. The Morgan fingerprint density at radius 2 is 2.00 bits per heavy atom. The summed E-state index contributed by atoms with van der Waals surface area (Å²) in [5.74, 6) is 0. The van der Waals surface area contributed by atoms with Crippen LogP contribution in [0.2, 0.25) is 0 Å². The molecule has 2 nitrogen and oxygen atoms in total. The fraction of sp³-hybridized carbons (Fsp3) is 0.286. The largest absolute Gasteiger partial charge is 0.368 e. The van der Waals surface area contributed by atoms with Crippen molar-refractivity contribution < 1.29 is 0 Å². The Bertz CT molecular complexity index is 124. The van der Waals surface area contributed by atoms with Crippen LogP contribution >= 0.6 is 24.8 Å². The van der Waals surface area contributed by atoms with Crippen molar-refractivity contribution in [1.29, 1.82) is 0 Å². The molecule has 0 saturated carbocycles. The molecule has 4 heteroatoms. The first kappa shape index (κ1) is 13.3. The molecule has 0 aliphatic rings. The highest BCUT2D eigenvalue weighted by Gasteiger charge is 1.77. The van der Waals surface area contributed by atoms with Gasteiger partial charge in [0.2, 0.25) is 0 Å². The van der Waals surface area contributed by atoms with Crippen LogP contribution in [0.25, 0.3) is 0 Å². The van der Waals surface area contributed by atoms with Crippen molar-refractivity contribution in [3.63, 3.8) is 0 Å². The molecule has 0 bridgehead atoms. The molecule has 0 spiro atoms. The van der Waals surface area contributed by atoms with E-state index < -0.39 is 0 Å². The van der Waals surface area contributed by atoms with E-state index in [1.165, 1.54) is 0 Å². The van der Waals surface area contributed by atoms with Crippen LogP contribution in [0.1, 0.15) is 0 Å². The summed E-state index contributed by atoms with van der Waals surface area (Å²) in [7, 11) is 0. The van der Waals surface area contributed by atoms with E-state index in [1.807, 2.05) is 0 Å². The van der Waals surface area contributed by atoms with Crippen molar-refractivity contribution in [1.82, 2.24) is 5.32 Å².